The average molecular weight is 315 g/mol. The van der Waals surface area contributed by atoms with E-state index in [4.69, 9.17) is 0 Å². The Morgan fingerprint density at radius 2 is 2.00 bits per heavy atom. The van der Waals surface area contributed by atoms with Crippen LogP contribution in [0.5, 0.6) is 0 Å². The second-order valence-electron chi connectivity index (χ2n) is 4.56. The number of nitrogens with one attached hydrogen (secondary N) is 1. The summed E-state index contributed by atoms with van der Waals surface area (Å²) in [5.41, 5.74) is 0.921. The summed E-state index contributed by atoms with van der Waals surface area (Å²) in [6.07, 6.45) is 0.183. The number of aliphatic hydroxyl groups is 1. The Morgan fingerprint density at radius 1 is 1.33 bits per heavy atom. The lowest BCUT2D eigenvalue weighted by atomic mass is 10.1. The molecule has 0 bridgehead atoms. The van der Waals surface area contributed by atoms with Gasteiger partial charge in [-0.25, -0.2) is 13.1 Å². The molecule has 6 nitrogen and oxygen atoms in total. The van der Waals surface area contributed by atoms with Gasteiger partial charge in [-0.05, 0) is 18.9 Å². The van der Waals surface area contributed by atoms with E-state index in [-0.39, 0.29) is 25.4 Å². The molecule has 0 aliphatic rings. The van der Waals surface area contributed by atoms with Crippen LogP contribution in [0.15, 0.2) is 30.3 Å². The van der Waals surface area contributed by atoms with Crippen molar-refractivity contribution in [1.29, 1.82) is 0 Å². The summed E-state index contributed by atoms with van der Waals surface area (Å²) in [4.78, 5) is 11.2. The van der Waals surface area contributed by atoms with Crippen LogP contribution in [0.25, 0.3) is 0 Å². The first-order valence-electron chi connectivity index (χ1n) is 6.77. The van der Waals surface area contributed by atoms with E-state index in [1.54, 1.807) is 6.92 Å². The molecule has 0 aliphatic carbocycles. The molecule has 0 aromatic heterocycles. The Balaban J connectivity index is 2.53. The summed E-state index contributed by atoms with van der Waals surface area (Å²) in [5.74, 6) is -0.900. The minimum atomic E-state index is -3.64. The van der Waals surface area contributed by atoms with Gasteiger partial charge in [-0.1, -0.05) is 30.3 Å². The molecular formula is C14H21NO5S. The molecular weight excluding hydrogens is 294 g/mol. The Kier molecular flexibility index (Phi) is 7.35. The number of rotatable bonds is 9. The summed E-state index contributed by atoms with van der Waals surface area (Å²) in [7, 11) is -3.64. The number of carbonyl (C=O) groups excluding carboxylic acids is 1. The molecule has 0 saturated heterocycles. The summed E-state index contributed by atoms with van der Waals surface area (Å²) in [6.45, 7) is 1.57. The van der Waals surface area contributed by atoms with E-state index in [9.17, 15) is 18.3 Å². The number of hydrogen-bond donors (Lipinski definition) is 2. The van der Waals surface area contributed by atoms with E-state index in [1.807, 2.05) is 30.3 Å². The highest BCUT2D eigenvalue weighted by Crippen LogP contribution is 2.04. The molecule has 0 saturated carbocycles. The van der Waals surface area contributed by atoms with Gasteiger partial charge in [-0.15, -0.1) is 0 Å². The molecule has 2 N–H and O–H groups in total. The van der Waals surface area contributed by atoms with Crippen LogP contribution in [0.2, 0.25) is 0 Å². The van der Waals surface area contributed by atoms with Crippen LogP contribution in [0, 0.1) is 0 Å². The number of hydrogen-bond acceptors (Lipinski definition) is 5. The van der Waals surface area contributed by atoms with Gasteiger partial charge in [0.25, 0.3) is 0 Å². The molecule has 1 atom stereocenters. The standard InChI is InChI=1S/C14H21NO5S/c1-2-20-14(17)8-9-21(18,19)15-13(11-16)10-12-6-4-3-5-7-12/h3-7,13,15-16H,2,8-11H2,1H3/t13-/m1/s1. The third-order valence-electron chi connectivity index (χ3n) is 2.77. The fourth-order valence-corrected chi connectivity index (χ4v) is 3.02. The maximum atomic E-state index is 11.9. The summed E-state index contributed by atoms with van der Waals surface area (Å²) in [6, 6.07) is 8.66. The molecule has 0 radical (unpaired) electrons. The lowest BCUT2D eigenvalue weighted by molar-refractivity contribution is -0.142. The second-order valence-corrected chi connectivity index (χ2v) is 6.43. The van der Waals surface area contributed by atoms with Gasteiger partial charge in [0.1, 0.15) is 0 Å². The van der Waals surface area contributed by atoms with Gasteiger partial charge in [-0.2, -0.15) is 0 Å². The molecule has 1 aromatic carbocycles. The van der Waals surface area contributed by atoms with Gasteiger partial charge in [0.05, 0.1) is 25.4 Å². The number of sulfonamides is 1. The van der Waals surface area contributed by atoms with E-state index in [0.717, 1.165) is 5.56 Å². The van der Waals surface area contributed by atoms with Crippen molar-refractivity contribution in [3.05, 3.63) is 35.9 Å². The van der Waals surface area contributed by atoms with Gasteiger partial charge < -0.3 is 9.84 Å². The molecule has 1 aromatic rings. The number of aliphatic hydroxyl groups excluding tert-OH is 1. The minimum Gasteiger partial charge on any atom is -0.466 e. The predicted octanol–water partition coefficient (Wildman–Crippen LogP) is 0.463. The second kappa shape index (κ2) is 8.76. The van der Waals surface area contributed by atoms with E-state index >= 15 is 0 Å². The van der Waals surface area contributed by atoms with Crippen molar-refractivity contribution in [2.45, 2.75) is 25.8 Å². The minimum absolute atomic E-state index is 0.202. The number of carbonyl (C=O) groups is 1. The van der Waals surface area contributed by atoms with Crippen molar-refractivity contribution in [3.63, 3.8) is 0 Å². The fourth-order valence-electron chi connectivity index (χ4n) is 1.81. The van der Waals surface area contributed by atoms with E-state index in [1.165, 1.54) is 0 Å². The molecule has 0 amide bonds. The van der Waals surface area contributed by atoms with Gasteiger partial charge in [0, 0.05) is 6.04 Å². The Hall–Kier alpha value is -1.44. The molecule has 0 aliphatic heterocycles. The van der Waals surface area contributed by atoms with E-state index < -0.39 is 22.0 Å². The topological polar surface area (TPSA) is 92.7 Å². The van der Waals surface area contributed by atoms with Crippen LogP contribution >= 0.6 is 0 Å². The Morgan fingerprint density at radius 3 is 2.57 bits per heavy atom. The number of ether oxygens (including phenoxy) is 1. The average Bonchev–Trinajstić information content (AvgIpc) is 2.46. The first-order valence-corrected chi connectivity index (χ1v) is 8.42. The highest BCUT2D eigenvalue weighted by Gasteiger charge is 2.19. The zero-order chi connectivity index (χ0) is 15.7. The first kappa shape index (κ1) is 17.6. The van der Waals surface area contributed by atoms with Crippen molar-refractivity contribution in [1.82, 2.24) is 4.72 Å². The smallest absolute Gasteiger partial charge is 0.306 e. The molecule has 118 valence electrons. The lowest BCUT2D eigenvalue weighted by Crippen LogP contribution is -2.40. The third kappa shape index (κ3) is 7.22. The van der Waals surface area contributed by atoms with Crippen LogP contribution in [-0.4, -0.2) is 44.5 Å². The molecule has 1 rings (SSSR count). The maximum absolute atomic E-state index is 11.9. The Labute approximate surface area is 125 Å². The molecule has 0 fully saturated rings. The molecule has 0 unspecified atom stereocenters. The van der Waals surface area contributed by atoms with Crippen LogP contribution in [0.1, 0.15) is 18.9 Å². The number of esters is 1. The Bertz CT molecular complexity index is 530. The van der Waals surface area contributed by atoms with Crippen LogP contribution < -0.4 is 4.72 Å². The summed E-state index contributed by atoms with van der Waals surface area (Å²) >= 11 is 0. The maximum Gasteiger partial charge on any atom is 0.306 e. The fraction of sp³-hybridized carbons (Fsp3) is 0.500. The summed E-state index contributed by atoms with van der Waals surface area (Å²) < 4.78 is 30.8. The van der Waals surface area contributed by atoms with Crippen molar-refractivity contribution < 1.29 is 23.1 Å². The predicted molar refractivity (Wildman–Crippen MR) is 79.2 cm³/mol. The zero-order valence-corrected chi connectivity index (χ0v) is 12.8. The van der Waals surface area contributed by atoms with Crippen molar-refractivity contribution in [2.75, 3.05) is 19.0 Å². The normalized spacial score (nSPS) is 12.9. The van der Waals surface area contributed by atoms with Gasteiger partial charge in [0.2, 0.25) is 10.0 Å². The molecule has 21 heavy (non-hydrogen) atoms. The monoisotopic (exact) mass is 315 g/mol. The zero-order valence-electron chi connectivity index (χ0n) is 12.0. The van der Waals surface area contributed by atoms with Crippen LogP contribution in [-0.2, 0) is 26.0 Å². The number of benzene rings is 1. The SMILES string of the molecule is CCOC(=O)CCS(=O)(=O)N[C@@H](CO)Cc1ccccc1. The quantitative estimate of drug-likeness (QED) is 0.646. The van der Waals surface area contributed by atoms with E-state index in [0.29, 0.717) is 6.42 Å². The van der Waals surface area contributed by atoms with Gasteiger partial charge in [0.15, 0.2) is 0 Å². The van der Waals surface area contributed by atoms with Crippen molar-refractivity contribution in [3.8, 4) is 0 Å². The third-order valence-corrected chi connectivity index (χ3v) is 4.21. The highest BCUT2D eigenvalue weighted by atomic mass is 32.2. The molecule has 0 heterocycles. The molecule has 7 heteroatoms. The van der Waals surface area contributed by atoms with Gasteiger partial charge in [-0.3, -0.25) is 4.79 Å². The molecule has 0 spiro atoms. The first-order chi connectivity index (χ1) is 9.96. The van der Waals surface area contributed by atoms with Gasteiger partial charge >= 0.3 is 5.97 Å². The largest absolute Gasteiger partial charge is 0.466 e. The van der Waals surface area contributed by atoms with Crippen LogP contribution in [0.3, 0.4) is 0 Å². The van der Waals surface area contributed by atoms with E-state index in [2.05, 4.69) is 9.46 Å². The highest BCUT2D eigenvalue weighted by molar-refractivity contribution is 7.89. The lowest BCUT2D eigenvalue weighted by Gasteiger charge is -2.16. The van der Waals surface area contributed by atoms with Crippen molar-refractivity contribution >= 4 is 16.0 Å². The summed E-state index contributed by atoms with van der Waals surface area (Å²) in [5, 5.41) is 9.29. The van der Waals surface area contributed by atoms with Crippen LogP contribution in [0.4, 0.5) is 0 Å². The van der Waals surface area contributed by atoms with Crippen molar-refractivity contribution in [2.24, 2.45) is 0 Å².